The van der Waals surface area contributed by atoms with Crippen molar-refractivity contribution in [2.24, 2.45) is 0 Å². The summed E-state index contributed by atoms with van der Waals surface area (Å²) in [5, 5.41) is 8.45. The molecule has 0 saturated carbocycles. The summed E-state index contributed by atoms with van der Waals surface area (Å²) < 4.78 is 24.2. The van der Waals surface area contributed by atoms with Crippen molar-refractivity contribution < 1.29 is 23.1 Å². The zero-order valence-corrected chi connectivity index (χ0v) is 15.3. The fourth-order valence-electron chi connectivity index (χ4n) is 2.20. The smallest absolute Gasteiger partial charge is 0.323 e. The Bertz CT molecular complexity index is 679. The molecular formula is C17H25NO5S. The van der Waals surface area contributed by atoms with Crippen LogP contribution in [0.2, 0.25) is 0 Å². The van der Waals surface area contributed by atoms with E-state index in [1.165, 1.54) is 17.0 Å². The molecule has 1 rings (SSSR count). The van der Waals surface area contributed by atoms with Crippen LogP contribution in [-0.4, -0.2) is 48.1 Å². The van der Waals surface area contributed by atoms with E-state index >= 15 is 0 Å². The lowest BCUT2D eigenvalue weighted by Crippen LogP contribution is -2.42. The molecule has 1 aromatic rings. The Morgan fingerprint density at radius 2 is 1.67 bits per heavy atom. The lowest BCUT2D eigenvalue weighted by molar-refractivity contribution is -0.145. The van der Waals surface area contributed by atoms with Crippen molar-refractivity contribution in [1.29, 1.82) is 0 Å². The third kappa shape index (κ3) is 5.06. The molecule has 0 bridgehead atoms. The minimum atomic E-state index is -3.34. The molecule has 0 spiro atoms. The van der Waals surface area contributed by atoms with E-state index in [9.17, 15) is 18.0 Å². The summed E-state index contributed by atoms with van der Waals surface area (Å²) in [7, 11) is -3.34. The van der Waals surface area contributed by atoms with Crippen LogP contribution < -0.4 is 0 Å². The largest absolute Gasteiger partial charge is 0.480 e. The highest BCUT2D eigenvalue weighted by Gasteiger charge is 2.22. The van der Waals surface area contributed by atoms with E-state index in [1.54, 1.807) is 32.9 Å². The summed E-state index contributed by atoms with van der Waals surface area (Å²) in [5.41, 5.74) is 0.654. The van der Waals surface area contributed by atoms with Crippen molar-refractivity contribution in [3.05, 3.63) is 29.8 Å². The highest BCUT2D eigenvalue weighted by molar-refractivity contribution is 7.92. The lowest BCUT2D eigenvalue weighted by atomic mass is 10.1. The third-order valence-electron chi connectivity index (χ3n) is 3.98. The van der Waals surface area contributed by atoms with Gasteiger partial charge in [0.1, 0.15) is 6.54 Å². The van der Waals surface area contributed by atoms with E-state index < -0.39 is 21.1 Å². The number of sulfone groups is 1. The van der Waals surface area contributed by atoms with Gasteiger partial charge in [-0.1, -0.05) is 19.1 Å². The van der Waals surface area contributed by atoms with Crippen LogP contribution in [0.1, 0.15) is 39.7 Å². The van der Waals surface area contributed by atoms with E-state index in [1.807, 2.05) is 6.92 Å². The van der Waals surface area contributed by atoms with Gasteiger partial charge < -0.3 is 10.0 Å². The SMILES string of the molecule is CCC(C)N(CC(=O)O)C(=O)Cc1ccc(S(=O)(=O)C(C)C)cc1. The van der Waals surface area contributed by atoms with Crippen LogP contribution in [0.3, 0.4) is 0 Å². The molecule has 0 fully saturated rings. The Balaban J connectivity index is 2.92. The number of carboxylic acids is 1. The quantitative estimate of drug-likeness (QED) is 0.771. The second-order valence-corrected chi connectivity index (χ2v) is 8.59. The number of benzene rings is 1. The zero-order chi connectivity index (χ0) is 18.5. The molecule has 0 aromatic heterocycles. The number of hydrogen-bond acceptors (Lipinski definition) is 4. The van der Waals surface area contributed by atoms with Crippen LogP contribution in [0.25, 0.3) is 0 Å². The molecule has 1 aromatic carbocycles. The van der Waals surface area contributed by atoms with E-state index in [-0.39, 0.29) is 29.8 Å². The Morgan fingerprint density at radius 3 is 2.08 bits per heavy atom. The van der Waals surface area contributed by atoms with E-state index in [0.717, 1.165) is 0 Å². The summed E-state index contributed by atoms with van der Waals surface area (Å²) in [6.07, 6.45) is 0.699. The molecule has 6 nitrogen and oxygen atoms in total. The molecule has 0 aliphatic rings. The van der Waals surface area contributed by atoms with Crippen molar-refractivity contribution in [1.82, 2.24) is 4.90 Å². The molecule has 7 heteroatoms. The Labute approximate surface area is 143 Å². The van der Waals surface area contributed by atoms with Crippen molar-refractivity contribution in [2.45, 2.75) is 56.7 Å². The normalized spacial score (nSPS) is 12.9. The number of carbonyl (C=O) groups is 2. The van der Waals surface area contributed by atoms with Crippen LogP contribution in [0.4, 0.5) is 0 Å². The van der Waals surface area contributed by atoms with Crippen LogP contribution in [-0.2, 0) is 25.8 Å². The first-order valence-corrected chi connectivity index (χ1v) is 9.48. The molecule has 1 N–H and O–H groups in total. The molecule has 0 aliphatic carbocycles. The Hall–Kier alpha value is -1.89. The number of aliphatic carboxylic acids is 1. The molecule has 0 saturated heterocycles. The molecule has 1 atom stereocenters. The van der Waals surface area contributed by atoms with Crippen LogP contribution in [0.5, 0.6) is 0 Å². The predicted molar refractivity (Wildman–Crippen MR) is 91.6 cm³/mol. The summed E-state index contributed by atoms with van der Waals surface area (Å²) in [6.45, 7) is 6.58. The summed E-state index contributed by atoms with van der Waals surface area (Å²) in [4.78, 5) is 24.9. The molecule has 134 valence electrons. The number of carbonyl (C=O) groups excluding carboxylic acids is 1. The second kappa shape index (κ2) is 8.28. The van der Waals surface area contributed by atoms with Gasteiger partial charge >= 0.3 is 5.97 Å². The maximum atomic E-state index is 12.4. The predicted octanol–water partition coefficient (Wildman–Crippen LogP) is 2.12. The molecule has 24 heavy (non-hydrogen) atoms. The molecule has 0 heterocycles. The first-order valence-electron chi connectivity index (χ1n) is 7.93. The molecule has 1 unspecified atom stereocenters. The number of carboxylic acid groups (broad SMARTS) is 1. The monoisotopic (exact) mass is 355 g/mol. The first-order chi connectivity index (χ1) is 11.1. The summed E-state index contributed by atoms with van der Waals surface area (Å²) in [5.74, 6) is -1.34. The van der Waals surface area contributed by atoms with Gasteiger partial charge in [-0.25, -0.2) is 8.42 Å². The van der Waals surface area contributed by atoms with Crippen molar-refractivity contribution >= 4 is 21.7 Å². The summed E-state index contributed by atoms with van der Waals surface area (Å²) in [6, 6.07) is 6.01. The minimum Gasteiger partial charge on any atom is -0.480 e. The van der Waals surface area contributed by atoms with Gasteiger partial charge in [0.15, 0.2) is 9.84 Å². The number of nitrogens with zero attached hydrogens (tertiary/aromatic N) is 1. The second-order valence-electron chi connectivity index (χ2n) is 6.09. The maximum Gasteiger partial charge on any atom is 0.323 e. The van der Waals surface area contributed by atoms with Crippen LogP contribution >= 0.6 is 0 Å². The average Bonchev–Trinajstić information content (AvgIpc) is 2.51. The van der Waals surface area contributed by atoms with Crippen LogP contribution in [0.15, 0.2) is 29.2 Å². The Morgan fingerprint density at radius 1 is 1.12 bits per heavy atom. The molecular weight excluding hydrogens is 330 g/mol. The molecule has 1 amide bonds. The van der Waals surface area contributed by atoms with Crippen LogP contribution in [0, 0.1) is 0 Å². The fraction of sp³-hybridized carbons (Fsp3) is 0.529. The number of rotatable bonds is 8. The highest BCUT2D eigenvalue weighted by Crippen LogP contribution is 2.17. The van der Waals surface area contributed by atoms with Gasteiger partial charge in [0.05, 0.1) is 16.6 Å². The van der Waals surface area contributed by atoms with Gasteiger partial charge in [-0.3, -0.25) is 9.59 Å². The van der Waals surface area contributed by atoms with Gasteiger partial charge in [-0.15, -0.1) is 0 Å². The number of amides is 1. The summed E-state index contributed by atoms with van der Waals surface area (Å²) >= 11 is 0. The van der Waals surface area contributed by atoms with E-state index in [4.69, 9.17) is 5.11 Å². The van der Waals surface area contributed by atoms with Gasteiger partial charge in [0, 0.05) is 6.04 Å². The zero-order valence-electron chi connectivity index (χ0n) is 14.5. The highest BCUT2D eigenvalue weighted by atomic mass is 32.2. The lowest BCUT2D eigenvalue weighted by Gasteiger charge is -2.27. The first kappa shape index (κ1) is 20.2. The molecule has 0 aliphatic heterocycles. The Kier molecular flexibility index (Phi) is 6.95. The minimum absolute atomic E-state index is 0.0413. The fourth-order valence-corrected chi connectivity index (χ4v) is 3.26. The number of hydrogen-bond donors (Lipinski definition) is 1. The maximum absolute atomic E-state index is 12.4. The molecule has 0 radical (unpaired) electrons. The van der Waals surface area contributed by atoms with Crippen molar-refractivity contribution in [3.8, 4) is 0 Å². The average molecular weight is 355 g/mol. The van der Waals surface area contributed by atoms with Crippen molar-refractivity contribution in [2.75, 3.05) is 6.54 Å². The van der Waals surface area contributed by atoms with Gasteiger partial charge in [0.25, 0.3) is 0 Å². The third-order valence-corrected chi connectivity index (χ3v) is 6.15. The van der Waals surface area contributed by atoms with Crippen molar-refractivity contribution in [3.63, 3.8) is 0 Å². The van der Waals surface area contributed by atoms with Gasteiger partial charge in [-0.05, 0) is 44.9 Å². The van der Waals surface area contributed by atoms with Gasteiger partial charge in [-0.2, -0.15) is 0 Å². The topological polar surface area (TPSA) is 91.8 Å². The van der Waals surface area contributed by atoms with E-state index in [2.05, 4.69) is 0 Å². The van der Waals surface area contributed by atoms with Gasteiger partial charge in [0.2, 0.25) is 5.91 Å². The van der Waals surface area contributed by atoms with E-state index in [0.29, 0.717) is 12.0 Å². The standard InChI is InChI=1S/C17H25NO5S/c1-5-13(4)18(11-17(20)21)16(19)10-14-6-8-15(9-7-14)24(22,23)12(2)3/h6-9,12-13H,5,10-11H2,1-4H3,(H,20,21).